The average molecular weight is 402 g/mol. The Balaban J connectivity index is 2.82. The third kappa shape index (κ3) is 8.49. The van der Waals surface area contributed by atoms with Gasteiger partial charge in [-0.2, -0.15) is 13.2 Å². The number of halogens is 3. The first kappa shape index (κ1) is 23.6. The highest BCUT2D eigenvalue weighted by Crippen LogP contribution is 2.35. The van der Waals surface area contributed by atoms with Crippen LogP contribution >= 0.6 is 0 Å². The van der Waals surface area contributed by atoms with E-state index in [4.69, 9.17) is 4.74 Å². The van der Waals surface area contributed by atoms with Crippen molar-refractivity contribution in [2.75, 3.05) is 20.1 Å². The van der Waals surface area contributed by atoms with Crippen LogP contribution in [0.4, 0.5) is 13.2 Å². The van der Waals surface area contributed by atoms with Gasteiger partial charge in [0.1, 0.15) is 11.4 Å². The lowest BCUT2D eigenvalue weighted by molar-refractivity contribution is -0.138. The highest BCUT2D eigenvalue weighted by atomic mass is 19.4. The first-order chi connectivity index (χ1) is 13.0. The molecule has 1 amide bonds. The van der Waals surface area contributed by atoms with E-state index >= 15 is 0 Å². The Hall–Kier alpha value is -2.45. The Bertz CT molecular complexity index is 683. The van der Waals surface area contributed by atoms with Crippen molar-refractivity contribution in [3.63, 3.8) is 0 Å². The van der Waals surface area contributed by atoms with Crippen molar-refractivity contribution >= 4 is 11.9 Å². The zero-order valence-corrected chi connectivity index (χ0v) is 17.0. The van der Waals surface area contributed by atoms with E-state index in [1.54, 1.807) is 20.8 Å². The summed E-state index contributed by atoms with van der Waals surface area (Å²) in [6.45, 7) is 7.66. The van der Waals surface area contributed by atoms with Crippen molar-refractivity contribution in [1.82, 2.24) is 16.0 Å². The maximum atomic E-state index is 13.5. The lowest BCUT2D eigenvalue weighted by Gasteiger charge is -2.23. The zero-order chi connectivity index (χ0) is 21.4. The number of ether oxygens (including phenoxy) is 1. The monoisotopic (exact) mass is 402 g/mol. The molecule has 0 spiro atoms. The Morgan fingerprint density at radius 1 is 1.14 bits per heavy atom. The summed E-state index contributed by atoms with van der Waals surface area (Å²) in [6, 6.07) is 3.88. The van der Waals surface area contributed by atoms with Crippen LogP contribution in [0.5, 0.6) is 5.75 Å². The first-order valence-electron chi connectivity index (χ1n) is 9.06. The highest BCUT2D eigenvalue weighted by Gasteiger charge is 2.34. The third-order valence-electron chi connectivity index (χ3n) is 3.47. The van der Waals surface area contributed by atoms with Gasteiger partial charge in [-0.15, -0.1) is 0 Å². The van der Waals surface area contributed by atoms with Gasteiger partial charge in [0.2, 0.25) is 5.91 Å². The van der Waals surface area contributed by atoms with Crippen LogP contribution < -0.4 is 20.7 Å². The fourth-order valence-electron chi connectivity index (χ4n) is 2.28. The van der Waals surface area contributed by atoms with Crippen LogP contribution in [0.25, 0.3) is 0 Å². The normalized spacial score (nSPS) is 12.5. The molecule has 0 aromatic heterocycles. The minimum absolute atomic E-state index is 0.0236. The summed E-state index contributed by atoms with van der Waals surface area (Å²) in [5.41, 5.74) is -1.34. The number of nitrogens with one attached hydrogen (secondary N) is 3. The number of hydrogen-bond acceptors (Lipinski definition) is 3. The van der Waals surface area contributed by atoms with Crippen LogP contribution in [0.15, 0.2) is 23.2 Å². The van der Waals surface area contributed by atoms with Crippen molar-refractivity contribution in [2.24, 2.45) is 4.99 Å². The van der Waals surface area contributed by atoms with Gasteiger partial charge in [0.25, 0.3) is 0 Å². The Kier molecular flexibility index (Phi) is 8.59. The number of guanidine groups is 1. The van der Waals surface area contributed by atoms with Crippen molar-refractivity contribution in [3.8, 4) is 5.75 Å². The standard InChI is InChI=1S/C19H29F3N4O2/c1-6-9-24-16(27)12-26-17(23-5)25-11-13-7-8-14(28-18(2,3)4)10-15(13)19(20,21)22/h7-8,10H,6,9,11-12H2,1-5H3,(H,24,27)(H2,23,25,26). The summed E-state index contributed by atoms with van der Waals surface area (Å²) in [4.78, 5) is 15.5. The predicted molar refractivity (Wildman–Crippen MR) is 103 cm³/mol. The van der Waals surface area contributed by atoms with Gasteiger partial charge < -0.3 is 20.7 Å². The fourth-order valence-corrected chi connectivity index (χ4v) is 2.28. The molecule has 3 N–H and O–H groups in total. The van der Waals surface area contributed by atoms with Crippen molar-refractivity contribution in [2.45, 2.75) is 52.4 Å². The Morgan fingerprint density at radius 2 is 1.82 bits per heavy atom. The second-order valence-electron chi connectivity index (χ2n) is 7.16. The van der Waals surface area contributed by atoms with Crippen molar-refractivity contribution in [3.05, 3.63) is 29.3 Å². The van der Waals surface area contributed by atoms with Crippen LogP contribution in [-0.4, -0.2) is 37.6 Å². The molecule has 1 aromatic carbocycles. The van der Waals surface area contributed by atoms with Gasteiger partial charge in [0, 0.05) is 20.1 Å². The van der Waals surface area contributed by atoms with E-state index in [-0.39, 0.29) is 36.3 Å². The van der Waals surface area contributed by atoms with Gasteiger partial charge in [0.05, 0.1) is 12.1 Å². The van der Waals surface area contributed by atoms with E-state index in [9.17, 15) is 18.0 Å². The van der Waals surface area contributed by atoms with Crippen molar-refractivity contribution < 1.29 is 22.7 Å². The second-order valence-corrected chi connectivity index (χ2v) is 7.16. The Morgan fingerprint density at radius 3 is 2.36 bits per heavy atom. The smallest absolute Gasteiger partial charge is 0.416 e. The van der Waals surface area contributed by atoms with E-state index in [0.717, 1.165) is 12.5 Å². The number of alkyl halides is 3. The fraction of sp³-hybridized carbons (Fsp3) is 0.579. The van der Waals surface area contributed by atoms with Crippen LogP contribution in [0.3, 0.4) is 0 Å². The molecule has 0 saturated heterocycles. The SMILES string of the molecule is CCCNC(=O)CNC(=NC)NCc1ccc(OC(C)(C)C)cc1C(F)(F)F. The molecule has 6 nitrogen and oxygen atoms in total. The molecule has 0 aliphatic carbocycles. The van der Waals surface area contributed by atoms with Gasteiger partial charge in [-0.3, -0.25) is 9.79 Å². The molecule has 0 radical (unpaired) electrons. The van der Waals surface area contributed by atoms with Gasteiger partial charge in [-0.1, -0.05) is 13.0 Å². The molecule has 158 valence electrons. The molecule has 28 heavy (non-hydrogen) atoms. The Labute approximate surface area is 163 Å². The molecule has 0 atom stereocenters. The number of hydrogen-bond donors (Lipinski definition) is 3. The highest BCUT2D eigenvalue weighted by molar-refractivity contribution is 5.86. The van der Waals surface area contributed by atoms with E-state index in [0.29, 0.717) is 6.54 Å². The molecule has 0 fully saturated rings. The lowest BCUT2D eigenvalue weighted by Crippen LogP contribution is -2.43. The van der Waals surface area contributed by atoms with Crippen molar-refractivity contribution in [1.29, 1.82) is 0 Å². The van der Waals surface area contributed by atoms with E-state index < -0.39 is 17.3 Å². The first-order valence-corrected chi connectivity index (χ1v) is 9.06. The lowest BCUT2D eigenvalue weighted by atomic mass is 10.1. The van der Waals surface area contributed by atoms with Crippen LogP contribution in [0.1, 0.15) is 45.2 Å². The molecule has 0 bridgehead atoms. The summed E-state index contributed by atoms with van der Waals surface area (Å²) < 4.78 is 45.9. The predicted octanol–water partition coefficient (Wildman–Crippen LogP) is 3.07. The molecule has 9 heteroatoms. The van der Waals surface area contributed by atoms with Gasteiger partial charge in [0.15, 0.2) is 5.96 Å². The number of amides is 1. The van der Waals surface area contributed by atoms with Crippen LogP contribution in [0, 0.1) is 0 Å². The topological polar surface area (TPSA) is 74.8 Å². The third-order valence-corrected chi connectivity index (χ3v) is 3.47. The van der Waals surface area contributed by atoms with Gasteiger partial charge in [-0.25, -0.2) is 0 Å². The maximum absolute atomic E-state index is 13.5. The molecule has 0 saturated carbocycles. The number of carbonyl (C=O) groups excluding carboxylic acids is 1. The minimum Gasteiger partial charge on any atom is -0.488 e. The number of benzene rings is 1. The van der Waals surface area contributed by atoms with Gasteiger partial charge >= 0.3 is 6.18 Å². The number of rotatable bonds is 7. The molecular weight excluding hydrogens is 373 g/mol. The van der Waals surface area contributed by atoms with Gasteiger partial charge in [-0.05, 0) is 44.9 Å². The van der Waals surface area contributed by atoms with E-state index in [2.05, 4.69) is 20.9 Å². The molecular formula is C19H29F3N4O2. The largest absolute Gasteiger partial charge is 0.488 e. The van der Waals surface area contributed by atoms with Crippen LogP contribution in [-0.2, 0) is 17.5 Å². The summed E-state index contributed by atoms with van der Waals surface area (Å²) in [5, 5.41) is 8.26. The minimum atomic E-state index is -4.52. The zero-order valence-electron chi connectivity index (χ0n) is 17.0. The quantitative estimate of drug-likeness (QED) is 0.484. The summed E-state index contributed by atoms with van der Waals surface area (Å²) in [7, 11) is 1.48. The second kappa shape index (κ2) is 10.2. The maximum Gasteiger partial charge on any atom is 0.416 e. The molecule has 0 aliphatic heterocycles. The molecule has 1 rings (SSSR count). The summed E-state index contributed by atoms with van der Waals surface area (Å²) in [5.74, 6) is 0.165. The number of carbonyl (C=O) groups is 1. The molecule has 0 aliphatic rings. The molecule has 0 heterocycles. The summed E-state index contributed by atoms with van der Waals surface area (Å²) in [6.07, 6.45) is -3.71. The number of aliphatic imine (C=N–C) groups is 1. The molecule has 1 aromatic rings. The number of nitrogens with zero attached hydrogens (tertiary/aromatic N) is 1. The summed E-state index contributed by atoms with van der Waals surface area (Å²) >= 11 is 0. The van der Waals surface area contributed by atoms with Crippen LogP contribution in [0.2, 0.25) is 0 Å². The molecule has 0 unspecified atom stereocenters. The van der Waals surface area contributed by atoms with E-state index in [1.165, 1.54) is 19.2 Å². The van der Waals surface area contributed by atoms with E-state index in [1.807, 2.05) is 6.92 Å². The average Bonchev–Trinajstić information content (AvgIpc) is 2.58.